The molecule has 0 saturated heterocycles. The van der Waals surface area contributed by atoms with Gasteiger partial charge in [0, 0.05) is 4.48 Å². The van der Waals surface area contributed by atoms with Gasteiger partial charge in [0.2, 0.25) is 0 Å². The molecule has 1 heterocycles. The topological polar surface area (TPSA) is 109 Å². The van der Waals surface area contributed by atoms with Gasteiger partial charge in [-0.05, 0) is 23.8 Å². The Labute approximate surface area is 132 Å². The zero-order chi connectivity index (χ0) is 16.1. The molecule has 0 unspecified atom stereocenters. The first kappa shape index (κ1) is 15.6. The van der Waals surface area contributed by atoms with E-state index in [1.54, 1.807) is 6.08 Å². The highest BCUT2D eigenvalue weighted by Crippen LogP contribution is 2.16. The van der Waals surface area contributed by atoms with E-state index in [1.165, 1.54) is 12.2 Å². The standard InChI is InChI=1S/C14H10BrN3O4/c15-10(8-9-4-2-1-3-5-9)6-7-11-12(18(21)22)13(19)17-14(20)16-11/h1-8H,(H2,16,17,19,20). The van der Waals surface area contributed by atoms with Gasteiger partial charge in [0.25, 0.3) is 0 Å². The van der Waals surface area contributed by atoms with Crippen LogP contribution in [-0.4, -0.2) is 14.9 Å². The van der Waals surface area contributed by atoms with Crippen LogP contribution in [0, 0.1) is 10.1 Å². The number of rotatable bonds is 4. The van der Waals surface area contributed by atoms with Crippen molar-refractivity contribution in [2.24, 2.45) is 0 Å². The van der Waals surface area contributed by atoms with E-state index in [1.807, 2.05) is 35.3 Å². The van der Waals surface area contributed by atoms with Gasteiger partial charge in [-0.1, -0.05) is 46.3 Å². The molecule has 0 saturated carbocycles. The number of aromatic amines is 2. The number of nitrogens with zero attached hydrogens (tertiary/aromatic N) is 1. The van der Waals surface area contributed by atoms with Crippen molar-refractivity contribution in [3.63, 3.8) is 0 Å². The lowest BCUT2D eigenvalue weighted by atomic mass is 10.2. The second-order valence-corrected chi connectivity index (χ2v) is 5.12. The molecule has 22 heavy (non-hydrogen) atoms. The number of halogens is 1. The molecule has 7 nitrogen and oxygen atoms in total. The molecule has 0 aliphatic heterocycles. The number of nitrogens with one attached hydrogen (secondary N) is 2. The zero-order valence-corrected chi connectivity index (χ0v) is 12.7. The molecule has 0 atom stereocenters. The quantitative estimate of drug-likeness (QED) is 0.493. The van der Waals surface area contributed by atoms with Gasteiger partial charge in [-0.15, -0.1) is 0 Å². The molecule has 0 fully saturated rings. The number of hydrogen-bond acceptors (Lipinski definition) is 4. The highest BCUT2D eigenvalue weighted by molar-refractivity contribution is 9.12. The number of H-pyrrole nitrogens is 2. The summed E-state index contributed by atoms with van der Waals surface area (Å²) in [6, 6.07) is 9.38. The van der Waals surface area contributed by atoms with Crippen LogP contribution < -0.4 is 11.2 Å². The van der Waals surface area contributed by atoms with E-state index >= 15 is 0 Å². The summed E-state index contributed by atoms with van der Waals surface area (Å²) in [7, 11) is 0. The second-order valence-electron chi connectivity index (χ2n) is 4.20. The first-order valence-corrected chi connectivity index (χ1v) is 6.88. The molecule has 2 aromatic rings. The zero-order valence-electron chi connectivity index (χ0n) is 11.1. The van der Waals surface area contributed by atoms with Gasteiger partial charge in [-0.2, -0.15) is 0 Å². The molecule has 0 aliphatic rings. The van der Waals surface area contributed by atoms with E-state index in [2.05, 4.69) is 20.9 Å². The van der Waals surface area contributed by atoms with Crippen LogP contribution in [0.25, 0.3) is 12.2 Å². The van der Waals surface area contributed by atoms with Crippen LogP contribution in [0.1, 0.15) is 11.3 Å². The van der Waals surface area contributed by atoms with Crippen molar-refractivity contribution >= 4 is 33.8 Å². The SMILES string of the molecule is O=c1[nH]c(C=CC(Br)=Cc2ccccc2)c([N+](=O)[O-])c(=O)[nH]1. The summed E-state index contributed by atoms with van der Waals surface area (Å²) in [4.78, 5) is 36.8. The number of benzene rings is 1. The molecule has 2 N–H and O–H groups in total. The Morgan fingerprint density at radius 3 is 2.50 bits per heavy atom. The largest absolute Gasteiger partial charge is 0.357 e. The van der Waals surface area contributed by atoms with Crippen molar-refractivity contribution in [3.05, 3.63) is 83.1 Å². The summed E-state index contributed by atoms with van der Waals surface area (Å²) < 4.78 is 0.620. The van der Waals surface area contributed by atoms with Crippen LogP contribution in [0.5, 0.6) is 0 Å². The van der Waals surface area contributed by atoms with Crippen LogP contribution in [0.2, 0.25) is 0 Å². The Balaban J connectivity index is 2.38. The fraction of sp³-hybridized carbons (Fsp3) is 0. The molecule has 0 amide bonds. The van der Waals surface area contributed by atoms with E-state index in [0.717, 1.165) is 5.56 Å². The van der Waals surface area contributed by atoms with Crippen LogP contribution in [0.3, 0.4) is 0 Å². The van der Waals surface area contributed by atoms with Gasteiger partial charge in [-0.25, -0.2) is 4.79 Å². The van der Waals surface area contributed by atoms with Crippen molar-refractivity contribution in [1.29, 1.82) is 0 Å². The van der Waals surface area contributed by atoms with E-state index in [-0.39, 0.29) is 5.69 Å². The van der Waals surface area contributed by atoms with Gasteiger partial charge in [0.05, 0.1) is 4.92 Å². The minimum atomic E-state index is -1.04. The fourth-order valence-corrected chi connectivity index (χ4v) is 2.12. The number of nitro groups is 1. The summed E-state index contributed by atoms with van der Waals surface area (Å²) in [6.07, 6.45) is 4.58. The lowest BCUT2D eigenvalue weighted by molar-refractivity contribution is -0.386. The third kappa shape index (κ3) is 3.89. The van der Waals surface area contributed by atoms with E-state index < -0.39 is 21.9 Å². The summed E-state index contributed by atoms with van der Waals surface area (Å²) in [6.45, 7) is 0. The van der Waals surface area contributed by atoms with Crippen LogP contribution in [0.15, 0.2) is 50.5 Å². The third-order valence-electron chi connectivity index (χ3n) is 2.64. The smallest absolute Gasteiger partial charge is 0.301 e. The summed E-state index contributed by atoms with van der Waals surface area (Å²) >= 11 is 3.30. The lowest BCUT2D eigenvalue weighted by Gasteiger charge is -1.96. The number of hydrogen-bond donors (Lipinski definition) is 2. The molecular weight excluding hydrogens is 354 g/mol. The Hall–Kier alpha value is -2.74. The Morgan fingerprint density at radius 2 is 1.86 bits per heavy atom. The summed E-state index contributed by atoms with van der Waals surface area (Å²) in [5.74, 6) is 0. The average Bonchev–Trinajstić information content (AvgIpc) is 2.45. The van der Waals surface area contributed by atoms with Gasteiger partial charge < -0.3 is 4.98 Å². The molecule has 0 radical (unpaired) electrons. The monoisotopic (exact) mass is 363 g/mol. The molecule has 0 aliphatic carbocycles. The molecule has 1 aromatic heterocycles. The highest BCUT2D eigenvalue weighted by atomic mass is 79.9. The average molecular weight is 364 g/mol. The predicted octanol–water partition coefficient (Wildman–Crippen LogP) is 2.42. The van der Waals surface area contributed by atoms with Crippen LogP contribution in [-0.2, 0) is 0 Å². The Morgan fingerprint density at radius 1 is 1.18 bits per heavy atom. The highest BCUT2D eigenvalue weighted by Gasteiger charge is 2.18. The normalized spacial score (nSPS) is 11.8. The third-order valence-corrected chi connectivity index (χ3v) is 3.13. The molecule has 1 aromatic carbocycles. The number of allylic oxidation sites excluding steroid dienone is 2. The van der Waals surface area contributed by atoms with Gasteiger partial charge >= 0.3 is 16.9 Å². The van der Waals surface area contributed by atoms with Crippen molar-refractivity contribution in [3.8, 4) is 0 Å². The van der Waals surface area contributed by atoms with Gasteiger partial charge in [-0.3, -0.25) is 19.9 Å². The fourth-order valence-electron chi connectivity index (χ4n) is 1.72. The molecular formula is C14H10BrN3O4. The van der Waals surface area contributed by atoms with Crippen LogP contribution in [0.4, 0.5) is 5.69 Å². The van der Waals surface area contributed by atoms with Crippen molar-refractivity contribution < 1.29 is 4.92 Å². The molecule has 2 rings (SSSR count). The van der Waals surface area contributed by atoms with Gasteiger partial charge in [0.15, 0.2) is 0 Å². The van der Waals surface area contributed by atoms with Crippen molar-refractivity contribution in [1.82, 2.24) is 9.97 Å². The van der Waals surface area contributed by atoms with Crippen molar-refractivity contribution in [2.45, 2.75) is 0 Å². The minimum absolute atomic E-state index is 0.169. The molecule has 8 heteroatoms. The maximum Gasteiger partial charge on any atom is 0.357 e. The number of aromatic nitrogens is 2. The van der Waals surface area contributed by atoms with E-state index in [0.29, 0.717) is 4.48 Å². The molecule has 0 spiro atoms. The molecule has 112 valence electrons. The van der Waals surface area contributed by atoms with E-state index in [9.17, 15) is 19.7 Å². The Kier molecular flexibility index (Phi) is 4.84. The lowest BCUT2D eigenvalue weighted by Crippen LogP contribution is -2.25. The molecule has 0 bridgehead atoms. The Bertz CT molecular complexity index is 866. The van der Waals surface area contributed by atoms with Crippen LogP contribution >= 0.6 is 15.9 Å². The van der Waals surface area contributed by atoms with Crippen molar-refractivity contribution in [2.75, 3.05) is 0 Å². The maximum absolute atomic E-state index is 11.5. The minimum Gasteiger partial charge on any atom is -0.301 e. The predicted molar refractivity (Wildman–Crippen MR) is 86.7 cm³/mol. The first-order valence-electron chi connectivity index (χ1n) is 6.08. The van der Waals surface area contributed by atoms with E-state index in [4.69, 9.17) is 0 Å². The first-order chi connectivity index (χ1) is 10.5. The second kappa shape index (κ2) is 6.81. The summed E-state index contributed by atoms with van der Waals surface area (Å²) in [5.41, 5.74) is -1.81. The summed E-state index contributed by atoms with van der Waals surface area (Å²) in [5, 5.41) is 10.9. The maximum atomic E-state index is 11.5. The van der Waals surface area contributed by atoms with Gasteiger partial charge in [0.1, 0.15) is 5.69 Å².